The van der Waals surface area contributed by atoms with E-state index in [1.807, 2.05) is 6.07 Å². The van der Waals surface area contributed by atoms with Gasteiger partial charge in [0.05, 0.1) is 33.6 Å². The van der Waals surface area contributed by atoms with Crippen molar-refractivity contribution in [1.82, 2.24) is 9.13 Å². The van der Waals surface area contributed by atoms with E-state index in [1.165, 1.54) is 31.9 Å². The Balaban J connectivity index is 1.15. The van der Waals surface area contributed by atoms with Crippen LogP contribution in [0.15, 0.2) is 218 Å². The Kier molecular flexibility index (Phi) is 7.69. The van der Waals surface area contributed by atoms with E-state index >= 15 is 0 Å². The molecule has 12 aromatic rings. The van der Waals surface area contributed by atoms with Crippen LogP contribution in [0.5, 0.6) is 0 Å². The maximum atomic E-state index is 12.1. The van der Waals surface area contributed by atoms with Gasteiger partial charge in [0.15, 0.2) is 8.07 Å². The average molecular weight is 890 g/mol. The van der Waals surface area contributed by atoms with Gasteiger partial charge in [-0.15, -0.1) is 0 Å². The zero-order valence-electron chi connectivity index (χ0n) is 37.1. The molecule has 0 saturated heterocycles. The van der Waals surface area contributed by atoms with Gasteiger partial charge in [0.25, 0.3) is 6.71 Å². The van der Waals surface area contributed by atoms with Crippen LogP contribution in [0.4, 0.5) is 17.1 Å². The molecule has 0 fully saturated rings. The third-order valence-electron chi connectivity index (χ3n) is 15.4. The Labute approximate surface area is 399 Å². The van der Waals surface area contributed by atoms with Gasteiger partial charge >= 0.3 is 0 Å². The molecule has 10 aromatic carbocycles. The van der Waals surface area contributed by atoms with Crippen LogP contribution < -0.4 is 42.0 Å². The minimum absolute atomic E-state index is 0.244. The molecule has 0 saturated carbocycles. The first kappa shape index (κ1) is 38.0. The fraction of sp³-hybridized carbons (Fsp3) is 0. The highest BCUT2D eigenvalue weighted by Crippen LogP contribution is 2.48. The third-order valence-corrected chi connectivity index (χ3v) is 20.3. The molecule has 0 amide bonds. The van der Waals surface area contributed by atoms with Crippen molar-refractivity contribution >= 4 is 113 Å². The number of nitrogens with zero attached hydrogens (tertiary/aromatic N) is 5. The number of para-hydroxylation sites is 5. The van der Waals surface area contributed by atoms with E-state index in [0.717, 1.165) is 82.7 Å². The largest absolute Gasteiger partial charge is 0.310 e. The van der Waals surface area contributed by atoms with E-state index in [4.69, 9.17) is 0 Å². The molecule has 7 heteroatoms. The summed E-state index contributed by atoms with van der Waals surface area (Å²) < 4.78 is 4.60. The fourth-order valence-electron chi connectivity index (χ4n) is 12.9. The Morgan fingerprint density at radius 2 is 0.971 bits per heavy atom. The van der Waals surface area contributed by atoms with Crippen LogP contribution in [0, 0.1) is 22.7 Å². The molecule has 5 heterocycles. The number of hydrogen-bond donors (Lipinski definition) is 0. The van der Waals surface area contributed by atoms with Crippen molar-refractivity contribution in [3.8, 4) is 34.6 Å². The zero-order valence-corrected chi connectivity index (χ0v) is 38.1. The van der Waals surface area contributed by atoms with Crippen LogP contribution in [-0.4, -0.2) is 23.9 Å². The molecule has 316 valence electrons. The molecule has 0 radical (unpaired) electrons. The summed E-state index contributed by atoms with van der Waals surface area (Å²) in [5.74, 6) is 0. The maximum absolute atomic E-state index is 12.1. The maximum Gasteiger partial charge on any atom is 0.252 e. The fourth-order valence-corrected chi connectivity index (χ4v) is 18.1. The molecule has 0 spiro atoms. The third kappa shape index (κ3) is 4.72. The van der Waals surface area contributed by atoms with Crippen LogP contribution >= 0.6 is 0 Å². The van der Waals surface area contributed by atoms with Crippen LogP contribution in [-0.2, 0) is 0 Å². The molecule has 5 nitrogen and oxygen atoms in total. The number of benzene rings is 10. The van der Waals surface area contributed by atoms with E-state index in [2.05, 4.69) is 238 Å². The number of hydrogen-bond acceptors (Lipinski definition) is 3. The number of fused-ring (bicyclic) bond motifs is 13. The van der Waals surface area contributed by atoms with Gasteiger partial charge in [0, 0.05) is 38.4 Å². The summed E-state index contributed by atoms with van der Waals surface area (Å²) in [6, 6.07) is 84.5. The molecule has 0 aliphatic carbocycles. The zero-order chi connectivity index (χ0) is 45.5. The predicted octanol–water partition coefficient (Wildman–Crippen LogP) is 9.59. The Morgan fingerprint density at radius 3 is 1.70 bits per heavy atom. The topological polar surface area (TPSA) is 60.7 Å². The van der Waals surface area contributed by atoms with Crippen LogP contribution in [0.25, 0.3) is 66.1 Å². The van der Waals surface area contributed by atoms with Gasteiger partial charge in [-0.2, -0.15) is 10.5 Å². The molecule has 69 heavy (non-hydrogen) atoms. The Bertz CT molecular complexity index is 4250. The Morgan fingerprint density at radius 1 is 0.406 bits per heavy atom. The Hall–Kier alpha value is -9.14. The first-order valence-corrected chi connectivity index (χ1v) is 25.5. The molecular formula is C62H36BN5Si. The minimum atomic E-state index is -2.85. The van der Waals surface area contributed by atoms with Crippen molar-refractivity contribution in [3.63, 3.8) is 0 Å². The van der Waals surface area contributed by atoms with E-state index in [1.54, 1.807) is 0 Å². The highest BCUT2D eigenvalue weighted by atomic mass is 28.3. The van der Waals surface area contributed by atoms with Gasteiger partial charge in [0.2, 0.25) is 0 Å². The molecule has 3 aliphatic rings. The normalized spacial score (nSPS) is 13.5. The van der Waals surface area contributed by atoms with Crippen LogP contribution in [0.3, 0.4) is 0 Å². The number of anilines is 3. The number of aromatic nitrogens is 2. The highest BCUT2D eigenvalue weighted by Gasteiger charge is 2.50. The molecule has 0 bridgehead atoms. The van der Waals surface area contributed by atoms with E-state index in [-0.39, 0.29) is 6.71 Å². The average Bonchev–Trinajstić information content (AvgIpc) is 4.03. The molecule has 2 aromatic heterocycles. The first-order valence-electron chi connectivity index (χ1n) is 23.5. The van der Waals surface area contributed by atoms with Crippen molar-refractivity contribution < 1.29 is 0 Å². The monoisotopic (exact) mass is 889 g/mol. The first-order chi connectivity index (χ1) is 34.2. The molecule has 3 aliphatic heterocycles. The van der Waals surface area contributed by atoms with E-state index in [0.29, 0.717) is 16.8 Å². The van der Waals surface area contributed by atoms with Crippen molar-refractivity contribution in [2.75, 3.05) is 4.90 Å². The smallest absolute Gasteiger partial charge is 0.252 e. The van der Waals surface area contributed by atoms with Crippen LogP contribution in [0.1, 0.15) is 11.1 Å². The van der Waals surface area contributed by atoms with Gasteiger partial charge in [0.1, 0.15) is 23.3 Å². The molecule has 0 unspecified atom stereocenters. The summed E-state index contributed by atoms with van der Waals surface area (Å²) >= 11 is 0. The van der Waals surface area contributed by atoms with Crippen LogP contribution in [0.2, 0.25) is 0 Å². The quantitative estimate of drug-likeness (QED) is 0.166. The molecule has 15 rings (SSSR count). The number of rotatable bonds is 4. The molecule has 0 N–H and O–H groups in total. The highest BCUT2D eigenvalue weighted by molar-refractivity contribution is 7.22. The van der Waals surface area contributed by atoms with Gasteiger partial charge in [-0.1, -0.05) is 182 Å². The van der Waals surface area contributed by atoms with Gasteiger partial charge in [-0.3, -0.25) is 0 Å². The standard InChI is InChI=1S/C62H36BN5Si/c64-37-48-59(67-52-31-14-11-26-43(52)46-36-57-47(35-55(46)67)44-27-12-17-34-56(44)69(57,40-21-6-2-7-22-40)41-23-8-3-9-24-41)49(38-65)62-58-61(48)66(39-19-4-1-5-20-39)54-33-16-13-29-50(54)63(58)51-30-18-28-45-42-25-10-15-32-53(42)68(62)60(45)51/h1-36H. The second kappa shape index (κ2) is 13.9. The second-order valence-corrected chi connectivity index (χ2v) is 22.2. The number of nitriles is 2. The van der Waals surface area contributed by atoms with E-state index < -0.39 is 8.07 Å². The summed E-state index contributed by atoms with van der Waals surface area (Å²) in [6.07, 6.45) is 0. The molecule has 0 atom stereocenters. The van der Waals surface area contributed by atoms with E-state index in [9.17, 15) is 10.5 Å². The summed E-state index contributed by atoms with van der Waals surface area (Å²) in [4.78, 5) is 2.28. The lowest BCUT2D eigenvalue weighted by Crippen LogP contribution is -2.72. The summed E-state index contributed by atoms with van der Waals surface area (Å²) in [5.41, 5.74) is 14.8. The second-order valence-electron chi connectivity index (χ2n) is 18.5. The summed E-state index contributed by atoms with van der Waals surface area (Å²) in [5, 5.41) is 34.0. The lowest BCUT2D eigenvalue weighted by atomic mass is 9.33. The SMILES string of the molecule is N#Cc1c2c3c(c(C#N)c1-n1c4ccccc4c4cc5c(cc41)-c1ccccc1[Si]5(c1ccccc1)c1ccccc1)-n1c4ccccc4c4cccc(c41)B3c1ccccc1N2c1ccccc1. The minimum Gasteiger partial charge on any atom is -0.310 e. The van der Waals surface area contributed by atoms with Crippen molar-refractivity contribution in [2.24, 2.45) is 0 Å². The van der Waals surface area contributed by atoms with Crippen molar-refractivity contribution in [1.29, 1.82) is 10.5 Å². The lowest BCUT2D eigenvalue weighted by molar-refractivity contribution is 1.10. The van der Waals surface area contributed by atoms with Crippen molar-refractivity contribution in [2.45, 2.75) is 0 Å². The summed E-state index contributed by atoms with van der Waals surface area (Å²) in [7, 11) is -2.85. The van der Waals surface area contributed by atoms with Crippen molar-refractivity contribution in [3.05, 3.63) is 230 Å². The van der Waals surface area contributed by atoms with Gasteiger partial charge < -0.3 is 14.0 Å². The lowest BCUT2D eigenvalue weighted by Gasteiger charge is -2.41. The molecular weight excluding hydrogens is 854 g/mol. The predicted molar refractivity (Wildman–Crippen MR) is 286 cm³/mol. The van der Waals surface area contributed by atoms with Gasteiger partial charge in [-0.25, -0.2) is 0 Å². The van der Waals surface area contributed by atoms with Gasteiger partial charge in [-0.05, 0) is 84.7 Å². The summed E-state index contributed by atoms with van der Waals surface area (Å²) in [6.45, 7) is -0.244.